The number of pyridine rings is 1. The van der Waals surface area contributed by atoms with E-state index < -0.39 is 5.97 Å². The van der Waals surface area contributed by atoms with Gasteiger partial charge in [-0.3, -0.25) is 4.84 Å². The zero-order chi connectivity index (χ0) is 8.97. The second-order valence-electron chi connectivity index (χ2n) is 1.90. The van der Waals surface area contributed by atoms with Crippen LogP contribution in [0.15, 0.2) is 23.5 Å². The topological polar surface area (TPSA) is 94.6 Å². The highest BCUT2D eigenvalue weighted by molar-refractivity contribution is 5.87. The van der Waals surface area contributed by atoms with Gasteiger partial charge in [0.25, 0.3) is 0 Å². The number of aromatic nitrogens is 1. The van der Waals surface area contributed by atoms with Gasteiger partial charge in [0.05, 0.1) is 0 Å². The molecule has 0 aliphatic heterocycles. The van der Waals surface area contributed by atoms with E-state index in [1.54, 1.807) is 0 Å². The zero-order valence-electron chi connectivity index (χ0n) is 5.93. The first-order valence-electron chi connectivity index (χ1n) is 3.00. The van der Waals surface area contributed by atoms with E-state index >= 15 is 0 Å². The van der Waals surface area contributed by atoms with Crippen molar-refractivity contribution in [1.82, 2.24) is 4.98 Å². The number of carbonyl (C=O) groups is 1. The van der Waals surface area contributed by atoms with Gasteiger partial charge in [0.2, 0.25) is 0 Å². The van der Waals surface area contributed by atoms with Crippen molar-refractivity contribution in [1.29, 1.82) is 0 Å². The highest BCUT2D eigenvalue weighted by Gasteiger charge is 2.08. The molecule has 1 aromatic heterocycles. The third-order valence-corrected chi connectivity index (χ3v) is 1.10. The summed E-state index contributed by atoms with van der Waals surface area (Å²) >= 11 is 0. The lowest BCUT2D eigenvalue weighted by molar-refractivity contribution is 0.0501. The lowest BCUT2D eigenvalue weighted by atomic mass is 10.3. The first-order chi connectivity index (χ1) is 5.74. The average molecular weight is 167 g/mol. The molecule has 0 aromatic carbocycles. The molecular weight excluding hydrogens is 162 g/mol. The number of carbonyl (C=O) groups excluding carboxylic acids is 1. The average Bonchev–Trinajstić information content (AvgIpc) is 2.05. The Balaban J connectivity index is 2.87. The first-order valence-corrected chi connectivity index (χ1v) is 3.00. The summed E-state index contributed by atoms with van der Waals surface area (Å²) < 4.78 is 0. The van der Waals surface area contributed by atoms with E-state index in [0.717, 1.165) is 0 Å². The van der Waals surface area contributed by atoms with Crippen LogP contribution in [0.5, 0.6) is 0 Å². The summed E-state index contributed by atoms with van der Waals surface area (Å²) in [5.41, 5.74) is 5.22. The SMILES string of the molecule is Nc1cccc(C(=O)ON=O)n1. The molecule has 0 atom stereocenters. The zero-order valence-corrected chi connectivity index (χ0v) is 5.93. The van der Waals surface area contributed by atoms with Crippen LogP contribution < -0.4 is 5.73 Å². The van der Waals surface area contributed by atoms with Crippen LogP contribution in [-0.4, -0.2) is 11.0 Å². The molecular formula is C6H5N3O3. The molecule has 12 heavy (non-hydrogen) atoms. The van der Waals surface area contributed by atoms with E-state index in [2.05, 4.69) is 9.82 Å². The van der Waals surface area contributed by atoms with Gasteiger partial charge in [0.15, 0.2) is 11.0 Å². The van der Waals surface area contributed by atoms with Crippen molar-refractivity contribution in [3.05, 3.63) is 28.8 Å². The summed E-state index contributed by atoms with van der Waals surface area (Å²) in [5.74, 6) is -0.743. The fourth-order valence-electron chi connectivity index (χ4n) is 0.646. The maximum absolute atomic E-state index is 10.8. The van der Waals surface area contributed by atoms with E-state index in [1.165, 1.54) is 18.2 Å². The Morgan fingerprint density at radius 2 is 2.33 bits per heavy atom. The molecule has 0 amide bonds. The van der Waals surface area contributed by atoms with Gasteiger partial charge in [-0.1, -0.05) is 6.07 Å². The second-order valence-corrected chi connectivity index (χ2v) is 1.90. The Bertz CT molecular complexity index is 313. The van der Waals surface area contributed by atoms with Crippen molar-refractivity contribution in [2.45, 2.75) is 0 Å². The van der Waals surface area contributed by atoms with Crippen molar-refractivity contribution in [2.75, 3.05) is 5.73 Å². The van der Waals surface area contributed by atoms with Crippen molar-refractivity contribution >= 4 is 11.8 Å². The number of nitrogen functional groups attached to an aromatic ring is 1. The van der Waals surface area contributed by atoms with Crippen molar-refractivity contribution in [2.24, 2.45) is 5.34 Å². The Morgan fingerprint density at radius 3 is 2.92 bits per heavy atom. The van der Waals surface area contributed by atoms with Gasteiger partial charge in [-0.2, -0.15) is 0 Å². The van der Waals surface area contributed by atoms with Crippen LogP contribution in [0, 0.1) is 4.91 Å². The third kappa shape index (κ3) is 1.75. The van der Waals surface area contributed by atoms with Crippen molar-refractivity contribution in [3.8, 4) is 0 Å². The van der Waals surface area contributed by atoms with Crippen LogP contribution in [0.25, 0.3) is 0 Å². The minimum absolute atomic E-state index is 0.0467. The number of hydrogen-bond acceptors (Lipinski definition) is 6. The van der Waals surface area contributed by atoms with E-state index in [9.17, 15) is 9.70 Å². The Hall–Kier alpha value is -1.98. The first kappa shape index (κ1) is 8.12. The van der Waals surface area contributed by atoms with Gasteiger partial charge >= 0.3 is 5.97 Å². The molecule has 0 bridgehead atoms. The van der Waals surface area contributed by atoms with Crippen LogP contribution >= 0.6 is 0 Å². The minimum Gasteiger partial charge on any atom is -0.384 e. The molecule has 0 fully saturated rings. The standard InChI is InChI=1S/C6H5N3O3/c7-5-3-1-2-4(8-5)6(10)12-9-11/h1-3H,(H2,7,8). The fourth-order valence-corrected chi connectivity index (χ4v) is 0.646. The monoisotopic (exact) mass is 167 g/mol. The molecule has 0 aliphatic carbocycles. The second kappa shape index (κ2) is 3.42. The van der Waals surface area contributed by atoms with Gasteiger partial charge < -0.3 is 5.73 Å². The molecule has 1 rings (SSSR count). The van der Waals surface area contributed by atoms with Crippen LogP contribution in [0.4, 0.5) is 5.82 Å². The number of nitrogens with two attached hydrogens (primary N) is 1. The largest absolute Gasteiger partial charge is 0.387 e. The number of nitrogens with zero attached hydrogens (tertiary/aromatic N) is 2. The van der Waals surface area contributed by atoms with E-state index in [0.29, 0.717) is 0 Å². The molecule has 6 heteroatoms. The predicted molar refractivity (Wildman–Crippen MR) is 39.9 cm³/mol. The molecule has 0 aliphatic rings. The van der Waals surface area contributed by atoms with Crippen LogP contribution in [0.2, 0.25) is 0 Å². The quantitative estimate of drug-likeness (QED) is 0.511. The minimum atomic E-state index is -0.919. The highest BCUT2D eigenvalue weighted by Crippen LogP contribution is 2.01. The van der Waals surface area contributed by atoms with Gasteiger partial charge in [-0.15, -0.1) is 4.91 Å². The molecule has 0 radical (unpaired) electrons. The normalized spacial score (nSPS) is 9.00. The predicted octanol–water partition coefficient (Wildman–Crippen LogP) is 0.502. The maximum Gasteiger partial charge on any atom is 0.387 e. The molecule has 1 aromatic rings. The van der Waals surface area contributed by atoms with Crippen molar-refractivity contribution < 1.29 is 9.63 Å². The van der Waals surface area contributed by atoms with Gasteiger partial charge in [0.1, 0.15) is 5.82 Å². The molecule has 2 N–H and O–H groups in total. The smallest absolute Gasteiger partial charge is 0.384 e. The summed E-state index contributed by atoms with van der Waals surface area (Å²) in [6.45, 7) is 0. The third-order valence-electron chi connectivity index (χ3n) is 1.10. The Kier molecular flexibility index (Phi) is 2.32. The number of rotatable bonds is 2. The van der Waals surface area contributed by atoms with Gasteiger partial charge in [0, 0.05) is 0 Å². The van der Waals surface area contributed by atoms with Crippen molar-refractivity contribution in [3.63, 3.8) is 0 Å². The number of hydrogen-bond donors (Lipinski definition) is 1. The Labute approximate surface area is 67.3 Å². The lowest BCUT2D eigenvalue weighted by Crippen LogP contribution is -2.04. The molecule has 0 saturated heterocycles. The summed E-state index contributed by atoms with van der Waals surface area (Å²) in [6, 6.07) is 4.39. The lowest BCUT2D eigenvalue weighted by Gasteiger charge is -1.95. The van der Waals surface area contributed by atoms with Crippen LogP contribution in [-0.2, 0) is 4.84 Å². The molecule has 0 spiro atoms. The molecule has 0 unspecified atom stereocenters. The molecule has 62 valence electrons. The van der Waals surface area contributed by atoms with Crippen LogP contribution in [0.1, 0.15) is 10.5 Å². The molecule has 1 heterocycles. The summed E-state index contributed by atoms with van der Waals surface area (Å²) in [4.78, 5) is 27.7. The van der Waals surface area contributed by atoms with E-state index in [-0.39, 0.29) is 11.5 Å². The Morgan fingerprint density at radius 1 is 1.58 bits per heavy atom. The maximum atomic E-state index is 10.8. The highest BCUT2D eigenvalue weighted by atomic mass is 16.7. The van der Waals surface area contributed by atoms with E-state index in [4.69, 9.17) is 5.73 Å². The molecule has 6 nitrogen and oxygen atoms in total. The summed E-state index contributed by atoms with van der Waals surface area (Å²) in [7, 11) is 0. The van der Waals surface area contributed by atoms with Gasteiger partial charge in [-0.05, 0) is 12.1 Å². The summed E-state index contributed by atoms with van der Waals surface area (Å²) in [5, 5.41) is 1.96. The summed E-state index contributed by atoms with van der Waals surface area (Å²) in [6.07, 6.45) is 0. The fraction of sp³-hybridized carbons (Fsp3) is 0. The van der Waals surface area contributed by atoms with Crippen LogP contribution in [0.3, 0.4) is 0 Å². The molecule has 0 saturated carbocycles. The van der Waals surface area contributed by atoms with E-state index in [1.807, 2.05) is 5.34 Å². The van der Waals surface area contributed by atoms with Gasteiger partial charge in [-0.25, -0.2) is 9.78 Å². The number of anilines is 1.